The van der Waals surface area contributed by atoms with Gasteiger partial charge in [0, 0.05) is 37.9 Å². The van der Waals surface area contributed by atoms with Crippen molar-refractivity contribution in [3.8, 4) is 50.6 Å². The number of ether oxygens (including phenoxy) is 3. The Hall–Kier alpha value is -4.33. The van der Waals surface area contributed by atoms with E-state index >= 15 is 8.78 Å². The van der Waals surface area contributed by atoms with Crippen LogP contribution in [0.2, 0.25) is 20.1 Å². The molecule has 0 unspecified atom stereocenters. The Balaban J connectivity index is 1.69. The monoisotopic (exact) mass is 734 g/mol. The van der Waals surface area contributed by atoms with Crippen molar-refractivity contribution in [2.45, 2.75) is 0 Å². The molecule has 0 aliphatic heterocycles. The lowest BCUT2D eigenvalue weighted by Gasteiger charge is -2.27. The van der Waals surface area contributed by atoms with Crippen LogP contribution in [0.1, 0.15) is 16.7 Å². The van der Waals surface area contributed by atoms with Gasteiger partial charge < -0.3 is 14.2 Å². The summed E-state index contributed by atoms with van der Waals surface area (Å²) in [6.07, 6.45) is 1.82. The Kier molecular flexibility index (Phi) is 10.3. The standard InChI is InChI=1S/C39H26Cl4F2NO3/c1-47-24-10-4-21(5-11-24)27-16-17-29(40)34(38(27)42)37(36-31(44)19-46-20-32(36)45)35-30(41)18-28(22-6-12-25(48-2)13-7-22)33(39(35)43)23-8-14-26(49-3)15-9-23/h4-20H,1-3H3. The van der Waals surface area contributed by atoms with Crippen LogP contribution in [-0.2, 0) is 0 Å². The van der Waals surface area contributed by atoms with E-state index in [0.717, 1.165) is 18.0 Å². The molecule has 1 heterocycles. The summed E-state index contributed by atoms with van der Waals surface area (Å²) in [6.45, 7) is 0. The summed E-state index contributed by atoms with van der Waals surface area (Å²) in [4.78, 5) is 3.71. The van der Waals surface area contributed by atoms with Crippen molar-refractivity contribution in [1.82, 2.24) is 4.98 Å². The van der Waals surface area contributed by atoms with Crippen molar-refractivity contribution in [2.24, 2.45) is 0 Å². The van der Waals surface area contributed by atoms with Crippen LogP contribution in [0.4, 0.5) is 8.78 Å². The Labute approximate surface area is 302 Å². The van der Waals surface area contributed by atoms with Crippen LogP contribution in [0.5, 0.6) is 17.2 Å². The van der Waals surface area contributed by atoms with Crippen LogP contribution in [0.25, 0.3) is 33.4 Å². The first-order valence-electron chi connectivity index (χ1n) is 14.8. The molecule has 6 aromatic rings. The van der Waals surface area contributed by atoms with Crippen LogP contribution < -0.4 is 14.2 Å². The molecule has 49 heavy (non-hydrogen) atoms. The van der Waals surface area contributed by atoms with Crippen molar-refractivity contribution in [1.29, 1.82) is 0 Å². The third-order valence-corrected chi connectivity index (χ3v) is 9.48. The fourth-order valence-electron chi connectivity index (χ4n) is 5.69. The number of methoxy groups -OCH3 is 3. The van der Waals surface area contributed by atoms with Crippen molar-refractivity contribution in [2.75, 3.05) is 21.3 Å². The topological polar surface area (TPSA) is 40.6 Å². The lowest BCUT2D eigenvalue weighted by molar-refractivity contribution is 0.414. The quantitative estimate of drug-likeness (QED) is 0.148. The maximum absolute atomic E-state index is 15.9. The van der Waals surface area contributed by atoms with Crippen molar-refractivity contribution < 1.29 is 23.0 Å². The van der Waals surface area contributed by atoms with E-state index in [9.17, 15) is 0 Å². The van der Waals surface area contributed by atoms with Gasteiger partial charge in [-0.05, 0) is 70.8 Å². The lowest BCUT2D eigenvalue weighted by Crippen LogP contribution is -2.13. The molecule has 1 radical (unpaired) electrons. The van der Waals surface area contributed by atoms with Crippen LogP contribution in [0.3, 0.4) is 0 Å². The van der Waals surface area contributed by atoms with Crippen molar-refractivity contribution in [3.05, 3.63) is 158 Å². The molecule has 4 nitrogen and oxygen atoms in total. The lowest BCUT2D eigenvalue weighted by atomic mass is 9.81. The molecule has 10 heteroatoms. The van der Waals surface area contributed by atoms with Gasteiger partial charge in [0.2, 0.25) is 0 Å². The second-order valence-corrected chi connectivity index (χ2v) is 12.4. The number of halogens is 6. The van der Waals surface area contributed by atoms with Crippen LogP contribution in [0, 0.1) is 17.6 Å². The molecular weight excluding hydrogens is 710 g/mol. The maximum atomic E-state index is 15.9. The van der Waals surface area contributed by atoms with E-state index < -0.39 is 17.2 Å². The van der Waals surface area contributed by atoms with Gasteiger partial charge in [0.05, 0.1) is 49.7 Å². The molecule has 0 bridgehead atoms. The number of hydrogen-bond donors (Lipinski definition) is 0. The third-order valence-electron chi connectivity index (χ3n) is 8.09. The highest BCUT2D eigenvalue weighted by Crippen LogP contribution is 2.52. The number of hydrogen-bond acceptors (Lipinski definition) is 4. The molecule has 0 saturated carbocycles. The fourth-order valence-corrected chi connectivity index (χ4v) is 7.11. The summed E-state index contributed by atoms with van der Waals surface area (Å²) in [7, 11) is 4.71. The SMILES string of the molecule is COc1ccc(-c2ccc(Cl)c([C](c3c(F)cncc3F)c3c(Cl)cc(-c4ccc(OC)cc4)c(-c4ccc(OC)cc4)c3Cl)c2Cl)cc1. The van der Waals surface area contributed by atoms with Gasteiger partial charge in [-0.15, -0.1) is 0 Å². The van der Waals surface area contributed by atoms with E-state index in [4.69, 9.17) is 60.6 Å². The molecule has 0 fully saturated rings. The number of pyridine rings is 1. The van der Waals surface area contributed by atoms with E-state index in [0.29, 0.717) is 45.1 Å². The molecule has 1 aromatic heterocycles. The molecule has 6 rings (SSSR count). The summed E-state index contributed by atoms with van der Waals surface area (Å²) in [5, 5.41) is 0.447. The van der Waals surface area contributed by atoms with Gasteiger partial charge in [0.15, 0.2) is 0 Å². The molecule has 0 spiro atoms. The minimum absolute atomic E-state index is 0.0474. The molecule has 0 aliphatic carbocycles. The minimum Gasteiger partial charge on any atom is -0.497 e. The van der Waals surface area contributed by atoms with Crippen LogP contribution >= 0.6 is 46.4 Å². The molecule has 0 N–H and O–H groups in total. The molecule has 247 valence electrons. The van der Waals surface area contributed by atoms with Gasteiger partial charge >= 0.3 is 0 Å². The first-order valence-corrected chi connectivity index (χ1v) is 16.3. The number of aromatic nitrogens is 1. The van der Waals surface area contributed by atoms with Gasteiger partial charge in [-0.25, -0.2) is 8.78 Å². The molecule has 0 saturated heterocycles. The average molecular weight is 736 g/mol. The number of nitrogens with zero attached hydrogens (tertiary/aromatic N) is 1. The number of benzene rings is 5. The summed E-state index contributed by atoms with van der Waals surface area (Å²) >= 11 is 28.6. The minimum atomic E-state index is -0.964. The first-order chi connectivity index (χ1) is 23.7. The maximum Gasteiger partial charge on any atom is 0.148 e. The first kappa shape index (κ1) is 34.5. The van der Waals surface area contributed by atoms with E-state index in [2.05, 4.69) is 4.98 Å². The smallest absolute Gasteiger partial charge is 0.148 e. The highest BCUT2D eigenvalue weighted by molar-refractivity contribution is 6.41. The summed E-state index contributed by atoms with van der Waals surface area (Å²) in [5.41, 5.74) is 3.71. The Morgan fingerprint density at radius 2 is 0.959 bits per heavy atom. The normalized spacial score (nSPS) is 11.1. The second kappa shape index (κ2) is 14.7. The van der Waals surface area contributed by atoms with Gasteiger partial charge in [0.25, 0.3) is 0 Å². The summed E-state index contributed by atoms with van der Waals surface area (Å²) in [5.74, 6) is -0.0488. The van der Waals surface area contributed by atoms with Gasteiger partial charge in [-0.1, -0.05) is 88.9 Å². The average Bonchev–Trinajstić information content (AvgIpc) is 3.11. The third kappa shape index (κ3) is 6.66. The molecular formula is C39H26Cl4F2NO3. The van der Waals surface area contributed by atoms with Gasteiger partial charge in [0.1, 0.15) is 28.9 Å². The van der Waals surface area contributed by atoms with E-state index in [1.54, 1.807) is 63.8 Å². The zero-order valence-corrected chi connectivity index (χ0v) is 29.3. The predicted octanol–water partition coefficient (Wildman–Crippen LogP) is 12.0. The predicted molar refractivity (Wildman–Crippen MR) is 194 cm³/mol. The summed E-state index contributed by atoms with van der Waals surface area (Å²) in [6, 6.07) is 26.8. The zero-order valence-electron chi connectivity index (χ0n) is 26.3. The largest absolute Gasteiger partial charge is 0.497 e. The fraction of sp³-hybridized carbons (Fsp3) is 0.0769. The van der Waals surface area contributed by atoms with E-state index in [1.807, 2.05) is 48.5 Å². The Morgan fingerprint density at radius 3 is 1.45 bits per heavy atom. The zero-order chi connectivity index (χ0) is 34.8. The molecule has 5 aromatic carbocycles. The Bertz CT molecular complexity index is 2120. The van der Waals surface area contributed by atoms with E-state index in [1.165, 1.54) is 0 Å². The van der Waals surface area contributed by atoms with Gasteiger partial charge in [-0.3, -0.25) is 4.98 Å². The number of rotatable bonds is 9. The van der Waals surface area contributed by atoms with Crippen LogP contribution in [-0.4, -0.2) is 26.3 Å². The summed E-state index contributed by atoms with van der Waals surface area (Å²) < 4.78 is 47.8. The molecule has 0 amide bonds. The van der Waals surface area contributed by atoms with Gasteiger partial charge in [-0.2, -0.15) is 0 Å². The molecule has 0 aliphatic rings. The molecule has 0 atom stereocenters. The second-order valence-electron chi connectivity index (χ2n) is 10.8. The van der Waals surface area contributed by atoms with Crippen molar-refractivity contribution in [3.63, 3.8) is 0 Å². The Morgan fingerprint density at radius 1 is 0.510 bits per heavy atom. The van der Waals surface area contributed by atoms with Crippen molar-refractivity contribution >= 4 is 46.4 Å². The highest BCUT2D eigenvalue weighted by atomic mass is 35.5. The highest BCUT2D eigenvalue weighted by Gasteiger charge is 2.35. The van der Waals surface area contributed by atoms with E-state index in [-0.39, 0.29) is 37.1 Å². The van der Waals surface area contributed by atoms with Crippen LogP contribution in [0.15, 0.2) is 103 Å².